The van der Waals surface area contributed by atoms with E-state index in [1.165, 1.54) is 0 Å². The van der Waals surface area contributed by atoms with E-state index in [4.69, 9.17) is 4.74 Å². The largest absolute Gasteiger partial charge is 0.481 e. The van der Waals surface area contributed by atoms with Crippen LogP contribution in [0, 0.1) is 6.92 Å². The first-order valence-electron chi connectivity index (χ1n) is 7.64. The SMILES string of the molecule is CCC(CC)NC(=O)C(C)Oc1ccc(C)cc1C(C)O. The minimum Gasteiger partial charge on any atom is -0.481 e. The lowest BCUT2D eigenvalue weighted by Gasteiger charge is -2.21. The molecule has 21 heavy (non-hydrogen) atoms. The Kier molecular flexibility index (Phi) is 6.69. The molecule has 0 spiro atoms. The van der Waals surface area contributed by atoms with Gasteiger partial charge in [0.2, 0.25) is 0 Å². The highest BCUT2D eigenvalue weighted by atomic mass is 16.5. The third kappa shape index (κ3) is 5.05. The molecule has 0 aliphatic carbocycles. The number of benzene rings is 1. The molecule has 0 saturated carbocycles. The van der Waals surface area contributed by atoms with Crippen LogP contribution in [0.1, 0.15) is 57.8 Å². The summed E-state index contributed by atoms with van der Waals surface area (Å²) in [4.78, 5) is 12.1. The van der Waals surface area contributed by atoms with E-state index in [2.05, 4.69) is 5.32 Å². The number of carbonyl (C=O) groups is 1. The summed E-state index contributed by atoms with van der Waals surface area (Å²) >= 11 is 0. The van der Waals surface area contributed by atoms with E-state index in [0.29, 0.717) is 11.3 Å². The molecular weight excluding hydrogens is 266 g/mol. The molecule has 0 aromatic heterocycles. The molecular formula is C17H27NO3. The van der Waals surface area contributed by atoms with Crippen molar-refractivity contribution in [1.82, 2.24) is 5.32 Å². The number of ether oxygens (including phenoxy) is 1. The molecule has 118 valence electrons. The molecule has 1 amide bonds. The molecule has 0 heterocycles. The quantitative estimate of drug-likeness (QED) is 0.812. The summed E-state index contributed by atoms with van der Waals surface area (Å²) in [5.74, 6) is 0.434. The molecule has 2 N–H and O–H groups in total. The van der Waals surface area contributed by atoms with Crippen LogP contribution in [0.15, 0.2) is 18.2 Å². The summed E-state index contributed by atoms with van der Waals surface area (Å²) in [5.41, 5.74) is 1.75. The lowest BCUT2D eigenvalue weighted by molar-refractivity contribution is -0.128. The van der Waals surface area contributed by atoms with Crippen molar-refractivity contribution in [3.05, 3.63) is 29.3 Å². The van der Waals surface area contributed by atoms with E-state index >= 15 is 0 Å². The van der Waals surface area contributed by atoms with Gasteiger partial charge in [0, 0.05) is 11.6 Å². The van der Waals surface area contributed by atoms with Crippen molar-refractivity contribution in [2.45, 2.75) is 65.7 Å². The smallest absolute Gasteiger partial charge is 0.260 e. The number of carbonyl (C=O) groups excluding carboxylic acids is 1. The van der Waals surface area contributed by atoms with E-state index in [-0.39, 0.29) is 11.9 Å². The number of hydrogen-bond acceptors (Lipinski definition) is 3. The second kappa shape index (κ2) is 8.03. The molecule has 1 rings (SSSR count). The van der Waals surface area contributed by atoms with Crippen molar-refractivity contribution in [3.8, 4) is 5.75 Å². The van der Waals surface area contributed by atoms with Crippen LogP contribution >= 0.6 is 0 Å². The van der Waals surface area contributed by atoms with Gasteiger partial charge < -0.3 is 15.2 Å². The van der Waals surface area contributed by atoms with E-state index in [1.54, 1.807) is 19.9 Å². The topological polar surface area (TPSA) is 58.6 Å². The first-order chi connectivity index (χ1) is 9.88. The Hall–Kier alpha value is -1.55. The fourth-order valence-corrected chi connectivity index (χ4v) is 2.16. The first-order valence-corrected chi connectivity index (χ1v) is 7.64. The van der Waals surface area contributed by atoms with Gasteiger partial charge in [0.05, 0.1) is 6.10 Å². The van der Waals surface area contributed by atoms with Gasteiger partial charge in [-0.25, -0.2) is 0 Å². The van der Waals surface area contributed by atoms with Crippen molar-refractivity contribution < 1.29 is 14.6 Å². The number of aryl methyl sites for hydroxylation is 1. The van der Waals surface area contributed by atoms with Gasteiger partial charge in [0.1, 0.15) is 5.75 Å². The Balaban J connectivity index is 2.78. The van der Waals surface area contributed by atoms with Gasteiger partial charge in [-0.1, -0.05) is 25.5 Å². The minimum absolute atomic E-state index is 0.124. The van der Waals surface area contributed by atoms with Crippen LogP contribution < -0.4 is 10.1 Å². The van der Waals surface area contributed by atoms with Crippen molar-refractivity contribution in [2.24, 2.45) is 0 Å². The Bertz CT molecular complexity index is 467. The molecule has 1 aromatic rings. The highest BCUT2D eigenvalue weighted by Gasteiger charge is 2.19. The van der Waals surface area contributed by atoms with Crippen LogP contribution in [0.4, 0.5) is 0 Å². The van der Waals surface area contributed by atoms with Gasteiger partial charge in [-0.05, 0) is 45.7 Å². The molecule has 0 radical (unpaired) electrons. The van der Waals surface area contributed by atoms with E-state index < -0.39 is 12.2 Å². The summed E-state index contributed by atoms with van der Waals surface area (Å²) in [5, 5.41) is 12.8. The van der Waals surface area contributed by atoms with Crippen LogP contribution in [-0.4, -0.2) is 23.2 Å². The molecule has 0 aliphatic rings. The summed E-state index contributed by atoms with van der Waals surface area (Å²) in [6.07, 6.45) is 0.580. The average molecular weight is 293 g/mol. The summed E-state index contributed by atoms with van der Waals surface area (Å²) < 4.78 is 5.74. The second-order valence-corrected chi connectivity index (χ2v) is 5.50. The van der Waals surface area contributed by atoms with E-state index in [9.17, 15) is 9.90 Å². The molecule has 0 aliphatic heterocycles. The standard InChI is InChI=1S/C17H27NO3/c1-6-14(7-2)18-17(20)13(5)21-16-9-8-11(3)10-15(16)12(4)19/h8-10,12-14,19H,6-7H2,1-5H3,(H,18,20). The van der Waals surface area contributed by atoms with Crippen molar-refractivity contribution >= 4 is 5.91 Å². The number of nitrogens with one attached hydrogen (secondary N) is 1. The third-order valence-corrected chi connectivity index (χ3v) is 3.62. The molecule has 0 fully saturated rings. The van der Waals surface area contributed by atoms with Gasteiger partial charge in [-0.2, -0.15) is 0 Å². The summed E-state index contributed by atoms with van der Waals surface area (Å²) in [6, 6.07) is 5.77. The molecule has 4 nitrogen and oxygen atoms in total. The van der Waals surface area contributed by atoms with Gasteiger partial charge in [0.15, 0.2) is 6.10 Å². The third-order valence-electron chi connectivity index (χ3n) is 3.62. The lowest BCUT2D eigenvalue weighted by atomic mass is 10.1. The Morgan fingerprint density at radius 1 is 1.29 bits per heavy atom. The van der Waals surface area contributed by atoms with Crippen LogP contribution in [0.3, 0.4) is 0 Å². The normalized spacial score (nSPS) is 13.9. The predicted molar refractivity (Wildman–Crippen MR) is 84.4 cm³/mol. The van der Waals surface area contributed by atoms with Gasteiger partial charge in [-0.3, -0.25) is 4.79 Å². The maximum Gasteiger partial charge on any atom is 0.260 e. The van der Waals surface area contributed by atoms with Gasteiger partial charge in [-0.15, -0.1) is 0 Å². The van der Waals surface area contributed by atoms with Gasteiger partial charge in [0.25, 0.3) is 5.91 Å². The van der Waals surface area contributed by atoms with Crippen LogP contribution in [0.5, 0.6) is 5.75 Å². The number of aliphatic hydroxyl groups excluding tert-OH is 1. The first kappa shape index (κ1) is 17.5. The Morgan fingerprint density at radius 3 is 2.43 bits per heavy atom. The molecule has 2 unspecified atom stereocenters. The van der Waals surface area contributed by atoms with Crippen LogP contribution in [0.2, 0.25) is 0 Å². The maximum absolute atomic E-state index is 12.1. The molecule has 4 heteroatoms. The van der Waals surface area contributed by atoms with Crippen molar-refractivity contribution in [1.29, 1.82) is 0 Å². The molecule has 2 atom stereocenters. The Labute approximate surface area is 127 Å². The Morgan fingerprint density at radius 2 is 1.90 bits per heavy atom. The zero-order chi connectivity index (χ0) is 16.0. The predicted octanol–water partition coefficient (Wildman–Crippen LogP) is 3.12. The molecule has 0 saturated heterocycles. The zero-order valence-corrected chi connectivity index (χ0v) is 13.6. The van der Waals surface area contributed by atoms with Crippen LogP contribution in [0.25, 0.3) is 0 Å². The summed E-state index contributed by atoms with van der Waals surface area (Å²) in [7, 11) is 0. The number of hydrogen-bond donors (Lipinski definition) is 2. The van der Waals surface area contributed by atoms with Crippen molar-refractivity contribution in [2.75, 3.05) is 0 Å². The fourth-order valence-electron chi connectivity index (χ4n) is 2.16. The highest BCUT2D eigenvalue weighted by Crippen LogP contribution is 2.27. The molecule has 0 bridgehead atoms. The maximum atomic E-state index is 12.1. The van der Waals surface area contributed by atoms with Gasteiger partial charge >= 0.3 is 0 Å². The number of aliphatic hydroxyl groups is 1. The second-order valence-electron chi connectivity index (χ2n) is 5.50. The number of amides is 1. The number of rotatable bonds is 7. The van der Waals surface area contributed by atoms with E-state index in [1.807, 2.05) is 32.9 Å². The van der Waals surface area contributed by atoms with Crippen molar-refractivity contribution in [3.63, 3.8) is 0 Å². The molecule has 1 aromatic carbocycles. The minimum atomic E-state index is -0.630. The van der Waals surface area contributed by atoms with Crippen LogP contribution in [-0.2, 0) is 4.79 Å². The lowest BCUT2D eigenvalue weighted by Crippen LogP contribution is -2.42. The summed E-state index contributed by atoms with van der Waals surface area (Å²) in [6.45, 7) is 9.47. The average Bonchev–Trinajstić information content (AvgIpc) is 2.45. The zero-order valence-electron chi connectivity index (χ0n) is 13.6. The monoisotopic (exact) mass is 293 g/mol. The van der Waals surface area contributed by atoms with E-state index in [0.717, 1.165) is 18.4 Å². The fraction of sp³-hybridized carbons (Fsp3) is 0.588. The highest BCUT2D eigenvalue weighted by molar-refractivity contribution is 5.81.